The van der Waals surface area contributed by atoms with Crippen LogP contribution in [-0.2, 0) is 20.9 Å². The molecule has 0 saturated carbocycles. The van der Waals surface area contributed by atoms with Crippen LogP contribution in [0.15, 0.2) is 72.9 Å². The van der Waals surface area contributed by atoms with Gasteiger partial charge in [0.15, 0.2) is 17.6 Å². The summed E-state index contributed by atoms with van der Waals surface area (Å²) in [7, 11) is 0. The normalized spacial score (nSPS) is 11.6. The van der Waals surface area contributed by atoms with Gasteiger partial charge in [-0.3, -0.25) is 4.79 Å². The van der Waals surface area contributed by atoms with Gasteiger partial charge >= 0.3 is 5.97 Å². The summed E-state index contributed by atoms with van der Waals surface area (Å²) in [5.74, 6) is 0.318. The quantitative estimate of drug-likeness (QED) is 0.313. The SMILES string of the molecule is CCOc1cc(C=CC(=O)OC(C)C(=O)Nc2ccc(Cl)cn2)ccc1OCc1ccccc1. The zero-order valence-electron chi connectivity index (χ0n) is 18.9. The molecule has 1 unspecified atom stereocenters. The fourth-order valence-electron chi connectivity index (χ4n) is 2.86. The lowest BCUT2D eigenvalue weighted by Gasteiger charge is -2.13. The number of carbonyl (C=O) groups excluding carboxylic acids is 2. The van der Waals surface area contributed by atoms with Gasteiger partial charge in [0.25, 0.3) is 5.91 Å². The Balaban J connectivity index is 1.57. The third-order valence-corrected chi connectivity index (χ3v) is 4.78. The van der Waals surface area contributed by atoms with Gasteiger partial charge in [-0.15, -0.1) is 0 Å². The average Bonchev–Trinajstić information content (AvgIpc) is 2.84. The minimum Gasteiger partial charge on any atom is -0.490 e. The van der Waals surface area contributed by atoms with Crippen molar-refractivity contribution < 1.29 is 23.8 Å². The van der Waals surface area contributed by atoms with Crippen LogP contribution < -0.4 is 14.8 Å². The highest BCUT2D eigenvalue weighted by atomic mass is 35.5. The van der Waals surface area contributed by atoms with Crippen LogP contribution in [0.4, 0.5) is 5.82 Å². The first-order chi connectivity index (χ1) is 16.4. The molecule has 8 heteroatoms. The van der Waals surface area contributed by atoms with Crippen LogP contribution in [0.3, 0.4) is 0 Å². The molecular weight excluding hydrogens is 456 g/mol. The summed E-state index contributed by atoms with van der Waals surface area (Å²) in [6.07, 6.45) is 3.23. The molecule has 3 aromatic rings. The molecule has 1 aromatic heterocycles. The van der Waals surface area contributed by atoms with Gasteiger partial charge in [0.05, 0.1) is 11.6 Å². The van der Waals surface area contributed by atoms with E-state index in [-0.39, 0.29) is 0 Å². The number of amides is 1. The van der Waals surface area contributed by atoms with Gasteiger partial charge in [-0.1, -0.05) is 48.0 Å². The zero-order valence-corrected chi connectivity index (χ0v) is 19.6. The van der Waals surface area contributed by atoms with Crippen LogP contribution in [0.25, 0.3) is 6.08 Å². The van der Waals surface area contributed by atoms with E-state index >= 15 is 0 Å². The van der Waals surface area contributed by atoms with Crippen LogP contribution >= 0.6 is 11.6 Å². The largest absolute Gasteiger partial charge is 0.490 e. The Morgan fingerprint density at radius 1 is 1.06 bits per heavy atom. The number of hydrogen-bond acceptors (Lipinski definition) is 6. The van der Waals surface area contributed by atoms with E-state index in [0.717, 1.165) is 11.1 Å². The van der Waals surface area contributed by atoms with Crippen molar-refractivity contribution in [3.05, 3.63) is 89.1 Å². The minimum atomic E-state index is -1.01. The van der Waals surface area contributed by atoms with E-state index in [1.807, 2.05) is 37.3 Å². The molecule has 1 N–H and O–H groups in total. The Kier molecular flexibility index (Phi) is 9.05. The summed E-state index contributed by atoms with van der Waals surface area (Å²) in [6, 6.07) is 18.3. The van der Waals surface area contributed by atoms with Crippen molar-refractivity contribution in [2.24, 2.45) is 0 Å². The summed E-state index contributed by atoms with van der Waals surface area (Å²) >= 11 is 5.77. The molecule has 0 saturated heterocycles. The second-order valence-corrected chi connectivity index (χ2v) is 7.61. The van der Waals surface area contributed by atoms with Gasteiger partial charge in [0.2, 0.25) is 0 Å². The van der Waals surface area contributed by atoms with E-state index in [2.05, 4.69) is 10.3 Å². The molecule has 3 rings (SSSR count). The monoisotopic (exact) mass is 480 g/mol. The highest BCUT2D eigenvalue weighted by Crippen LogP contribution is 2.29. The molecule has 0 radical (unpaired) electrons. The highest BCUT2D eigenvalue weighted by Gasteiger charge is 2.17. The zero-order chi connectivity index (χ0) is 24.3. The summed E-state index contributed by atoms with van der Waals surface area (Å²) in [6.45, 7) is 4.23. The van der Waals surface area contributed by atoms with Crippen LogP contribution in [0, 0.1) is 0 Å². The number of anilines is 1. The van der Waals surface area contributed by atoms with Gasteiger partial charge in [-0.05, 0) is 55.3 Å². The molecular formula is C26H25ClN2O5. The van der Waals surface area contributed by atoms with Gasteiger partial charge in [0, 0.05) is 12.3 Å². The van der Waals surface area contributed by atoms with Crippen molar-refractivity contribution in [2.75, 3.05) is 11.9 Å². The minimum absolute atomic E-state index is 0.311. The maximum atomic E-state index is 12.2. The third kappa shape index (κ3) is 7.64. The molecule has 0 aliphatic carbocycles. The Labute approximate surface area is 203 Å². The number of hydrogen-bond donors (Lipinski definition) is 1. The van der Waals surface area contributed by atoms with E-state index in [4.69, 9.17) is 25.8 Å². The molecule has 0 fully saturated rings. The highest BCUT2D eigenvalue weighted by molar-refractivity contribution is 6.30. The second-order valence-electron chi connectivity index (χ2n) is 7.18. The van der Waals surface area contributed by atoms with Gasteiger partial charge in [-0.25, -0.2) is 9.78 Å². The fourth-order valence-corrected chi connectivity index (χ4v) is 2.97. The van der Waals surface area contributed by atoms with E-state index in [1.165, 1.54) is 19.2 Å². The summed E-state index contributed by atoms with van der Waals surface area (Å²) in [4.78, 5) is 28.4. The molecule has 0 aliphatic rings. The molecule has 1 amide bonds. The van der Waals surface area contributed by atoms with E-state index in [9.17, 15) is 9.59 Å². The third-order valence-electron chi connectivity index (χ3n) is 4.56. The smallest absolute Gasteiger partial charge is 0.331 e. The molecule has 0 aliphatic heterocycles. The lowest BCUT2D eigenvalue weighted by Crippen LogP contribution is -2.29. The lowest BCUT2D eigenvalue weighted by molar-refractivity contribution is -0.148. The molecule has 0 bridgehead atoms. The van der Waals surface area contributed by atoms with Crippen molar-refractivity contribution in [1.82, 2.24) is 4.98 Å². The lowest BCUT2D eigenvalue weighted by atomic mass is 10.2. The van der Waals surface area contributed by atoms with Crippen molar-refractivity contribution in [3.63, 3.8) is 0 Å². The number of pyridine rings is 1. The topological polar surface area (TPSA) is 86.8 Å². The van der Waals surface area contributed by atoms with Gasteiger partial charge in [-0.2, -0.15) is 0 Å². The summed E-state index contributed by atoms with van der Waals surface area (Å²) in [5.41, 5.74) is 1.76. The van der Waals surface area contributed by atoms with Crippen LogP contribution in [-0.4, -0.2) is 29.6 Å². The number of nitrogens with zero attached hydrogens (tertiary/aromatic N) is 1. The number of rotatable bonds is 10. The van der Waals surface area contributed by atoms with E-state index in [1.54, 1.807) is 36.4 Å². The Bertz CT molecular complexity index is 1130. The summed E-state index contributed by atoms with van der Waals surface area (Å²) in [5, 5.41) is 3.01. The van der Waals surface area contributed by atoms with E-state index < -0.39 is 18.0 Å². The molecule has 176 valence electrons. The van der Waals surface area contributed by atoms with Crippen molar-refractivity contribution in [3.8, 4) is 11.5 Å². The van der Waals surface area contributed by atoms with E-state index in [0.29, 0.717) is 35.6 Å². The Morgan fingerprint density at radius 3 is 2.56 bits per heavy atom. The molecule has 7 nitrogen and oxygen atoms in total. The molecule has 1 atom stereocenters. The average molecular weight is 481 g/mol. The van der Waals surface area contributed by atoms with Crippen LogP contribution in [0.5, 0.6) is 11.5 Å². The standard InChI is InChI=1S/C26H25ClN2O5/c1-3-32-23-15-19(9-12-22(23)33-17-20-7-5-4-6-8-20)10-14-25(30)34-18(2)26(31)29-24-13-11-21(27)16-28-24/h4-16,18H,3,17H2,1-2H3,(H,28,29,31). The Hall–Kier alpha value is -3.84. The van der Waals surface area contributed by atoms with Crippen molar-refractivity contribution >= 4 is 35.4 Å². The maximum Gasteiger partial charge on any atom is 0.331 e. The second kappa shape index (κ2) is 12.4. The van der Waals surface area contributed by atoms with Gasteiger partial charge in [0.1, 0.15) is 12.4 Å². The first kappa shape index (κ1) is 24.8. The number of halogens is 1. The summed E-state index contributed by atoms with van der Waals surface area (Å²) < 4.78 is 16.8. The Morgan fingerprint density at radius 2 is 1.85 bits per heavy atom. The molecule has 0 spiro atoms. The predicted octanol–water partition coefficient (Wildman–Crippen LogP) is 5.30. The number of benzene rings is 2. The number of ether oxygens (including phenoxy) is 3. The van der Waals surface area contributed by atoms with Crippen molar-refractivity contribution in [2.45, 2.75) is 26.6 Å². The predicted molar refractivity (Wildman–Crippen MR) is 131 cm³/mol. The molecule has 34 heavy (non-hydrogen) atoms. The number of esters is 1. The fraction of sp³-hybridized carbons (Fsp3) is 0.192. The van der Waals surface area contributed by atoms with Gasteiger partial charge < -0.3 is 19.5 Å². The first-order valence-electron chi connectivity index (χ1n) is 10.7. The van der Waals surface area contributed by atoms with Crippen LogP contribution in [0.1, 0.15) is 25.0 Å². The number of carbonyl (C=O) groups is 2. The van der Waals surface area contributed by atoms with Crippen LogP contribution in [0.2, 0.25) is 5.02 Å². The molecule has 2 aromatic carbocycles. The number of nitrogens with one attached hydrogen (secondary N) is 1. The maximum absolute atomic E-state index is 12.2. The first-order valence-corrected chi connectivity index (χ1v) is 11.1. The van der Waals surface area contributed by atoms with Crippen molar-refractivity contribution in [1.29, 1.82) is 0 Å². The number of aromatic nitrogens is 1. The molecule has 1 heterocycles.